The van der Waals surface area contributed by atoms with Gasteiger partial charge in [0, 0.05) is 44.0 Å². The summed E-state index contributed by atoms with van der Waals surface area (Å²) in [6.07, 6.45) is 0.921. The maximum atomic E-state index is 13.1. The lowest BCUT2D eigenvalue weighted by Gasteiger charge is -2.36. The van der Waals surface area contributed by atoms with Crippen molar-refractivity contribution < 1.29 is 9.18 Å². The van der Waals surface area contributed by atoms with E-state index < -0.39 is 0 Å². The molecule has 4 rings (SSSR count). The first-order chi connectivity index (χ1) is 15.2. The van der Waals surface area contributed by atoms with Crippen molar-refractivity contribution in [3.8, 4) is 11.1 Å². The largest absolute Gasteiger partial charge is 0.369 e. The average Bonchev–Trinajstić information content (AvgIpc) is 2.83. The minimum atomic E-state index is -0.198. The Labute approximate surface area is 183 Å². The maximum Gasteiger partial charge on any atom is 0.251 e. The van der Waals surface area contributed by atoms with E-state index in [2.05, 4.69) is 27.2 Å². The highest BCUT2D eigenvalue weighted by Gasteiger charge is 2.17. The molecule has 5 heteroatoms. The van der Waals surface area contributed by atoms with Crippen LogP contribution in [0.25, 0.3) is 11.1 Å². The van der Waals surface area contributed by atoms with Crippen LogP contribution >= 0.6 is 0 Å². The molecule has 0 radical (unpaired) electrons. The molecule has 0 spiro atoms. The smallest absolute Gasteiger partial charge is 0.251 e. The van der Waals surface area contributed by atoms with Gasteiger partial charge in [-0.3, -0.25) is 9.69 Å². The number of rotatable bonds is 7. The molecule has 3 aromatic rings. The summed E-state index contributed by atoms with van der Waals surface area (Å²) in [6, 6.07) is 24.6. The SMILES string of the molecule is O=C(NCCCN1CCN(c2ccc(F)cc2)CC1)c1ccc(-c2ccccc2)cc1. The van der Waals surface area contributed by atoms with E-state index in [-0.39, 0.29) is 11.7 Å². The van der Waals surface area contributed by atoms with Crippen molar-refractivity contribution >= 4 is 11.6 Å². The quantitative estimate of drug-likeness (QED) is 0.578. The standard InChI is InChI=1S/C26H28FN3O/c27-24-11-13-25(14-12-24)30-19-17-29(18-20-30)16-4-15-28-26(31)23-9-7-22(8-10-23)21-5-2-1-3-6-21/h1-3,5-14H,4,15-20H2,(H,28,31). The molecule has 0 aromatic heterocycles. The number of benzene rings is 3. The van der Waals surface area contributed by atoms with Crippen molar-refractivity contribution in [1.29, 1.82) is 0 Å². The minimum Gasteiger partial charge on any atom is -0.369 e. The number of anilines is 1. The first-order valence-corrected chi connectivity index (χ1v) is 10.9. The molecule has 160 valence electrons. The second-order valence-corrected chi connectivity index (χ2v) is 7.86. The lowest BCUT2D eigenvalue weighted by Crippen LogP contribution is -2.47. The van der Waals surface area contributed by atoms with Gasteiger partial charge in [-0.15, -0.1) is 0 Å². The zero-order valence-corrected chi connectivity index (χ0v) is 17.6. The predicted molar refractivity (Wildman–Crippen MR) is 124 cm³/mol. The summed E-state index contributed by atoms with van der Waals surface area (Å²) < 4.78 is 13.1. The van der Waals surface area contributed by atoms with Gasteiger partial charge < -0.3 is 10.2 Å². The summed E-state index contributed by atoms with van der Waals surface area (Å²) in [6.45, 7) is 5.46. The van der Waals surface area contributed by atoms with Gasteiger partial charge >= 0.3 is 0 Å². The van der Waals surface area contributed by atoms with E-state index in [9.17, 15) is 9.18 Å². The van der Waals surface area contributed by atoms with Crippen LogP contribution in [-0.4, -0.2) is 50.1 Å². The minimum absolute atomic E-state index is 0.0271. The third-order valence-electron chi connectivity index (χ3n) is 5.75. The lowest BCUT2D eigenvalue weighted by molar-refractivity contribution is 0.0951. The van der Waals surface area contributed by atoms with Crippen molar-refractivity contribution in [2.75, 3.05) is 44.2 Å². The topological polar surface area (TPSA) is 35.6 Å². The highest BCUT2D eigenvalue weighted by atomic mass is 19.1. The lowest BCUT2D eigenvalue weighted by atomic mass is 10.0. The molecule has 0 saturated carbocycles. The molecule has 0 aliphatic carbocycles. The Morgan fingerprint density at radius 1 is 0.806 bits per heavy atom. The summed E-state index contributed by atoms with van der Waals surface area (Å²) >= 11 is 0. The average molecular weight is 418 g/mol. The van der Waals surface area contributed by atoms with Gasteiger partial charge in [-0.25, -0.2) is 4.39 Å². The van der Waals surface area contributed by atoms with E-state index >= 15 is 0 Å². The van der Waals surface area contributed by atoms with Crippen LogP contribution in [-0.2, 0) is 0 Å². The Kier molecular flexibility index (Phi) is 6.95. The molecule has 4 nitrogen and oxygen atoms in total. The van der Waals surface area contributed by atoms with Crippen LogP contribution < -0.4 is 10.2 Å². The summed E-state index contributed by atoms with van der Waals surface area (Å²) in [7, 11) is 0. The van der Waals surface area contributed by atoms with E-state index in [1.807, 2.05) is 54.6 Å². The molecule has 3 aromatic carbocycles. The third kappa shape index (κ3) is 5.70. The van der Waals surface area contributed by atoms with Crippen LogP contribution in [0.15, 0.2) is 78.9 Å². The highest BCUT2D eigenvalue weighted by Crippen LogP contribution is 2.19. The summed E-state index contributed by atoms with van der Waals surface area (Å²) in [5.74, 6) is -0.225. The number of carbonyl (C=O) groups is 1. The van der Waals surface area contributed by atoms with Crippen molar-refractivity contribution in [2.24, 2.45) is 0 Å². The van der Waals surface area contributed by atoms with E-state index in [1.54, 1.807) is 0 Å². The molecule has 1 heterocycles. The molecular weight excluding hydrogens is 389 g/mol. The van der Waals surface area contributed by atoms with Crippen molar-refractivity contribution in [3.63, 3.8) is 0 Å². The van der Waals surface area contributed by atoms with Crippen LogP contribution in [0.1, 0.15) is 16.8 Å². The molecule has 1 amide bonds. The van der Waals surface area contributed by atoms with Crippen LogP contribution in [0.4, 0.5) is 10.1 Å². The molecule has 1 saturated heterocycles. The Bertz CT molecular complexity index is 966. The van der Waals surface area contributed by atoms with Gasteiger partial charge in [0.1, 0.15) is 5.82 Å². The molecule has 1 aliphatic rings. The molecular formula is C26H28FN3O. The second-order valence-electron chi connectivity index (χ2n) is 7.86. The van der Waals surface area contributed by atoms with Crippen molar-refractivity contribution in [2.45, 2.75) is 6.42 Å². The van der Waals surface area contributed by atoms with Crippen LogP contribution in [0, 0.1) is 5.82 Å². The van der Waals surface area contributed by atoms with Gasteiger partial charge in [0.05, 0.1) is 0 Å². The molecule has 0 atom stereocenters. The van der Waals surface area contributed by atoms with E-state index in [0.29, 0.717) is 12.1 Å². The Balaban J connectivity index is 1.16. The fourth-order valence-electron chi connectivity index (χ4n) is 3.93. The number of carbonyl (C=O) groups excluding carboxylic acids is 1. The van der Waals surface area contributed by atoms with E-state index in [1.165, 1.54) is 12.1 Å². The highest BCUT2D eigenvalue weighted by molar-refractivity contribution is 5.94. The van der Waals surface area contributed by atoms with Gasteiger partial charge in [-0.2, -0.15) is 0 Å². The first-order valence-electron chi connectivity index (χ1n) is 10.9. The van der Waals surface area contributed by atoms with Crippen molar-refractivity contribution in [3.05, 3.63) is 90.2 Å². The molecule has 1 fully saturated rings. The number of amides is 1. The maximum absolute atomic E-state index is 13.1. The number of nitrogens with one attached hydrogen (secondary N) is 1. The molecule has 0 bridgehead atoms. The van der Waals surface area contributed by atoms with E-state index in [0.717, 1.165) is 56.0 Å². The predicted octanol–water partition coefficient (Wildman–Crippen LogP) is 4.43. The van der Waals surface area contributed by atoms with E-state index in [4.69, 9.17) is 0 Å². The Hall–Kier alpha value is -3.18. The molecule has 1 aliphatic heterocycles. The zero-order chi connectivity index (χ0) is 21.5. The summed E-state index contributed by atoms with van der Waals surface area (Å²) in [5, 5.41) is 3.03. The van der Waals surface area contributed by atoms with Gasteiger partial charge in [-0.05, 0) is 60.5 Å². The van der Waals surface area contributed by atoms with Crippen LogP contribution in [0.3, 0.4) is 0 Å². The van der Waals surface area contributed by atoms with Crippen LogP contribution in [0.2, 0.25) is 0 Å². The van der Waals surface area contributed by atoms with Crippen molar-refractivity contribution in [1.82, 2.24) is 10.2 Å². The normalized spacial score (nSPS) is 14.4. The summed E-state index contributed by atoms with van der Waals surface area (Å²) in [4.78, 5) is 17.1. The number of hydrogen-bond acceptors (Lipinski definition) is 3. The second kappa shape index (κ2) is 10.2. The first kappa shape index (κ1) is 21.1. The number of halogens is 1. The zero-order valence-electron chi connectivity index (χ0n) is 17.6. The summed E-state index contributed by atoms with van der Waals surface area (Å²) in [5.41, 5.74) is 4.02. The monoisotopic (exact) mass is 417 g/mol. The van der Waals surface area contributed by atoms with Gasteiger partial charge in [0.25, 0.3) is 5.91 Å². The number of nitrogens with zero attached hydrogens (tertiary/aromatic N) is 2. The Morgan fingerprint density at radius 3 is 2.13 bits per heavy atom. The third-order valence-corrected chi connectivity index (χ3v) is 5.75. The molecule has 31 heavy (non-hydrogen) atoms. The van der Waals surface area contributed by atoms with Crippen LogP contribution in [0.5, 0.6) is 0 Å². The number of hydrogen-bond donors (Lipinski definition) is 1. The Morgan fingerprint density at radius 2 is 1.45 bits per heavy atom. The molecule has 0 unspecified atom stereocenters. The van der Waals surface area contributed by atoms with Gasteiger partial charge in [0.15, 0.2) is 0 Å². The number of piperazine rings is 1. The fourth-order valence-corrected chi connectivity index (χ4v) is 3.93. The fraction of sp³-hybridized carbons (Fsp3) is 0.269. The molecule has 1 N–H and O–H groups in total. The van der Waals surface area contributed by atoms with Gasteiger partial charge in [0.2, 0.25) is 0 Å². The van der Waals surface area contributed by atoms with Gasteiger partial charge in [-0.1, -0.05) is 42.5 Å².